The molecule has 148 valence electrons. The van der Waals surface area contributed by atoms with E-state index < -0.39 is 23.7 Å². The molecule has 0 aliphatic carbocycles. The molecule has 29 heavy (non-hydrogen) atoms. The SMILES string of the molecule is NC(=O)C1Cc2cc(Oc3ccncc3)ccc2N1c1cccc(C(F)(F)F)c1. The molecule has 2 aromatic carbocycles. The fourth-order valence-electron chi connectivity index (χ4n) is 3.41. The molecule has 0 saturated heterocycles. The molecule has 2 heterocycles. The van der Waals surface area contributed by atoms with Crippen molar-refractivity contribution in [2.45, 2.75) is 18.6 Å². The molecule has 1 unspecified atom stereocenters. The number of amides is 1. The number of anilines is 2. The number of alkyl halides is 3. The summed E-state index contributed by atoms with van der Waals surface area (Å²) in [6, 6.07) is 12.7. The molecule has 3 aromatic rings. The lowest BCUT2D eigenvalue weighted by Gasteiger charge is -2.26. The van der Waals surface area contributed by atoms with E-state index >= 15 is 0 Å². The Morgan fingerprint density at radius 3 is 2.52 bits per heavy atom. The largest absolute Gasteiger partial charge is 0.457 e. The molecule has 0 radical (unpaired) electrons. The lowest BCUT2D eigenvalue weighted by Crippen LogP contribution is -2.40. The number of aromatic nitrogens is 1. The number of primary amides is 1. The zero-order chi connectivity index (χ0) is 20.6. The van der Waals surface area contributed by atoms with E-state index in [2.05, 4.69) is 4.98 Å². The highest BCUT2D eigenvalue weighted by molar-refractivity contribution is 5.90. The van der Waals surface area contributed by atoms with Gasteiger partial charge in [-0.1, -0.05) is 6.07 Å². The molecule has 1 aromatic heterocycles. The summed E-state index contributed by atoms with van der Waals surface area (Å²) in [6.45, 7) is 0. The van der Waals surface area contributed by atoms with Crippen LogP contribution in [0.5, 0.6) is 11.5 Å². The minimum Gasteiger partial charge on any atom is -0.457 e. The number of nitrogens with two attached hydrogens (primary N) is 1. The van der Waals surface area contributed by atoms with Crippen molar-refractivity contribution in [1.29, 1.82) is 0 Å². The zero-order valence-corrected chi connectivity index (χ0v) is 15.1. The summed E-state index contributed by atoms with van der Waals surface area (Å²) in [4.78, 5) is 17.5. The van der Waals surface area contributed by atoms with Gasteiger partial charge in [0.1, 0.15) is 17.5 Å². The first-order chi connectivity index (χ1) is 13.8. The molecular weight excluding hydrogens is 383 g/mol. The van der Waals surface area contributed by atoms with Gasteiger partial charge in [-0.2, -0.15) is 13.2 Å². The molecule has 0 spiro atoms. The third kappa shape index (κ3) is 3.73. The zero-order valence-electron chi connectivity index (χ0n) is 15.1. The third-order valence-corrected chi connectivity index (χ3v) is 4.70. The van der Waals surface area contributed by atoms with Crippen molar-refractivity contribution < 1.29 is 22.7 Å². The van der Waals surface area contributed by atoms with Crippen molar-refractivity contribution in [1.82, 2.24) is 4.98 Å². The molecule has 0 bridgehead atoms. The van der Waals surface area contributed by atoms with Crippen molar-refractivity contribution in [2.24, 2.45) is 5.73 Å². The van der Waals surface area contributed by atoms with Crippen LogP contribution in [0.2, 0.25) is 0 Å². The van der Waals surface area contributed by atoms with E-state index in [-0.39, 0.29) is 12.1 Å². The topological polar surface area (TPSA) is 68.5 Å². The van der Waals surface area contributed by atoms with Gasteiger partial charge in [0.15, 0.2) is 0 Å². The average molecular weight is 399 g/mol. The Balaban J connectivity index is 1.71. The molecule has 5 nitrogen and oxygen atoms in total. The fraction of sp³-hybridized carbons (Fsp3) is 0.143. The van der Waals surface area contributed by atoms with Crippen molar-refractivity contribution in [2.75, 3.05) is 4.90 Å². The summed E-state index contributed by atoms with van der Waals surface area (Å²) in [5.41, 5.74) is 6.40. The van der Waals surface area contributed by atoms with Gasteiger partial charge in [0, 0.05) is 30.2 Å². The summed E-state index contributed by atoms with van der Waals surface area (Å²) in [7, 11) is 0. The first kappa shape index (κ1) is 18.8. The second-order valence-corrected chi connectivity index (χ2v) is 6.62. The van der Waals surface area contributed by atoms with Crippen LogP contribution < -0.4 is 15.4 Å². The minimum atomic E-state index is -4.48. The number of hydrogen-bond donors (Lipinski definition) is 1. The number of pyridine rings is 1. The Bertz CT molecular complexity index is 1050. The van der Waals surface area contributed by atoms with Gasteiger partial charge in [0.2, 0.25) is 5.91 Å². The molecule has 4 rings (SSSR count). The number of nitrogens with zero attached hydrogens (tertiary/aromatic N) is 2. The van der Waals surface area contributed by atoms with Crippen LogP contribution in [0.3, 0.4) is 0 Å². The van der Waals surface area contributed by atoms with Crippen molar-refractivity contribution in [3.05, 3.63) is 78.1 Å². The van der Waals surface area contributed by atoms with Crippen LogP contribution in [0.25, 0.3) is 0 Å². The maximum absolute atomic E-state index is 13.1. The summed E-state index contributed by atoms with van der Waals surface area (Å²) in [5, 5.41) is 0. The second-order valence-electron chi connectivity index (χ2n) is 6.62. The van der Waals surface area contributed by atoms with Crippen LogP contribution in [0.15, 0.2) is 67.0 Å². The van der Waals surface area contributed by atoms with Crippen LogP contribution in [-0.4, -0.2) is 16.9 Å². The van der Waals surface area contributed by atoms with E-state index in [0.717, 1.165) is 17.7 Å². The van der Waals surface area contributed by atoms with E-state index in [1.54, 1.807) is 47.6 Å². The summed E-state index contributed by atoms with van der Waals surface area (Å²) >= 11 is 0. The van der Waals surface area contributed by atoms with E-state index in [1.807, 2.05) is 0 Å². The molecule has 1 aliphatic heterocycles. The number of carbonyl (C=O) groups excluding carboxylic acids is 1. The first-order valence-electron chi connectivity index (χ1n) is 8.79. The van der Waals surface area contributed by atoms with Gasteiger partial charge in [0.25, 0.3) is 0 Å². The fourth-order valence-corrected chi connectivity index (χ4v) is 3.41. The molecule has 1 aliphatic rings. The van der Waals surface area contributed by atoms with Crippen molar-refractivity contribution >= 4 is 17.3 Å². The predicted molar refractivity (Wildman–Crippen MR) is 101 cm³/mol. The summed E-state index contributed by atoms with van der Waals surface area (Å²) < 4.78 is 45.2. The van der Waals surface area contributed by atoms with Gasteiger partial charge in [-0.25, -0.2) is 0 Å². The van der Waals surface area contributed by atoms with E-state index in [0.29, 0.717) is 17.2 Å². The van der Waals surface area contributed by atoms with Crippen LogP contribution in [0.4, 0.5) is 24.5 Å². The number of carbonyl (C=O) groups is 1. The summed E-state index contributed by atoms with van der Waals surface area (Å²) in [5.74, 6) is 0.526. The lowest BCUT2D eigenvalue weighted by atomic mass is 10.1. The van der Waals surface area contributed by atoms with Crippen molar-refractivity contribution in [3.8, 4) is 11.5 Å². The number of hydrogen-bond acceptors (Lipinski definition) is 4. The average Bonchev–Trinajstić information content (AvgIpc) is 3.07. The summed E-state index contributed by atoms with van der Waals surface area (Å²) in [6.07, 6.45) is -1.01. The Hall–Kier alpha value is -3.55. The normalized spacial score (nSPS) is 15.8. The molecule has 2 N–H and O–H groups in total. The number of ether oxygens (including phenoxy) is 1. The van der Waals surface area contributed by atoms with Gasteiger partial charge in [0.05, 0.1) is 5.56 Å². The van der Waals surface area contributed by atoms with Gasteiger partial charge in [-0.15, -0.1) is 0 Å². The minimum absolute atomic E-state index is 0.255. The first-order valence-corrected chi connectivity index (χ1v) is 8.79. The number of benzene rings is 2. The number of halogens is 3. The van der Waals surface area contributed by atoms with Gasteiger partial charge >= 0.3 is 6.18 Å². The van der Waals surface area contributed by atoms with Crippen LogP contribution in [0.1, 0.15) is 11.1 Å². The van der Waals surface area contributed by atoms with Crippen LogP contribution in [-0.2, 0) is 17.4 Å². The maximum Gasteiger partial charge on any atom is 0.416 e. The Kier molecular flexibility index (Phi) is 4.62. The molecule has 1 atom stereocenters. The Labute approximate surface area is 164 Å². The molecule has 0 saturated carbocycles. The lowest BCUT2D eigenvalue weighted by molar-refractivity contribution is -0.137. The van der Waals surface area contributed by atoms with Gasteiger partial charge < -0.3 is 15.4 Å². The van der Waals surface area contributed by atoms with Gasteiger partial charge in [-0.05, 0) is 54.1 Å². The quantitative estimate of drug-likeness (QED) is 0.704. The smallest absolute Gasteiger partial charge is 0.416 e. The molecule has 0 fully saturated rings. The Morgan fingerprint density at radius 1 is 1.07 bits per heavy atom. The highest BCUT2D eigenvalue weighted by atomic mass is 19.4. The van der Waals surface area contributed by atoms with E-state index in [4.69, 9.17) is 10.5 Å². The standard InChI is InChI=1S/C21H16F3N3O2/c22-21(23,24)14-2-1-3-15(12-14)27-18-5-4-17(29-16-6-8-26-9-7-16)10-13(18)11-19(27)20(25)28/h1-10,12,19H,11H2,(H2,25,28). The highest BCUT2D eigenvalue weighted by Crippen LogP contribution is 2.42. The predicted octanol–water partition coefficient (Wildman–Crippen LogP) is 4.44. The van der Waals surface area contributed by atoms with E-state index in [9.17, 15) is 18.0 Å². The number of rotatable bonds is 4. The maximum atomic E-state index is 13.1. The number of fused-ring (bicyclic) bond motifs is 1. The Morgan fingerprint density at radius 2 is 1.83 bits per heavy atom. The second kappa shape index (κ2) is 7.12. The van der Waals surface area contributed by atoms with Crippen molar-refractivity contribution in [3.63, 3.8) is 0 Å². The van der Waals surface area contributed by atoms with Crippen LogP contribution >= 0.6 is 0 Å². The third-order valence-electron chi connectivity index (χ3n) is 4.70. The monoisotopic (exact) mass is 399 g/mol. The molecular formula is C21H16F3N3O2. The van der Waals surface area contributed by atoms with Crippen LogP contribution in [0, 0.1) is 0 Å². The van der Waals surface area contributed by atoms with Gasteiger partial charge in [-0.3, -0.25) is 9.78 Å². The molecule has 8 heteroatoms. The highest BCUT2D eigenvalue weighted by Gasteiger charge is 2.36. The molecule has 1 amide bonds. The van der Waals surface area contributed by atoms with E-state index in [1.165, 1.54) is 12.1 Å².